The zero-order valence-corrected chi connectivity index (χ0v) is 12.1. The summed E-state index contributed by atoms with van der Waals surface area (Å²) in [6.45, 7) is 3.33. The molecule has 0 aromatic heterocycles. The number of rotatable bonds is 0. The largest absolute Gasteiger partial charge is 0.422 e. The van der Waals surface area contributed by atoms with E-state index in [0.717, 1.165) is 23.7 Å². The first-order valence-electron chi connectivity index (χ1n) is 8.45. The van der Waals surface area contributed by atoms with Gasteiger partial charge in [0.05, 0.1) is 0 Å². The standard InChI is InChI=1S/C17H18O4/c1-16(2)20-14(18)17(15(19)21-16)12-8-4-3-5-7-6(4)10(12)11(7)13(17)9(5)8/h4-13H,3H2,1-2H3/t4-,5+,6-,7?,8+,9-,10-,11?,12-,13+/m1/s1. The molecule has 8 rings (SSSR count). The summed E-state index contributed by atoms with van der Waals surface area (Å²) >= 11 is 0. The van der Waals surface area contributed by atoms with E-state index >= 15 is 0 Å². The van der Waals surface area contributed by atoms with Gasteiger partial charge in [-0.2, -0.15) is 0 Å². The van der Waals surface area contributed by atoms with Crippen LogP contribution in [-0.4, -0.2) is 17.7 Å². The maximum atomic E-state index is 13.0. The second-order valence-electron chi connectivity index (χ2n) is 9.13. The van der Waals surface area contributed by atoms with E-state index in [1.165, 1.54) is 6.42 Å². The summed E-state index contributed by atoms with van der Waals surface area (Å²) in [6, 6.07) is 0. The molecule has 0 N–H and O–H groups in total. The molecule has 8 fully saturated rings. The van der Waals surface area contributed by atoms with Crippen molar-refractivity contribution in [3.63, 3.8) is 0 Å². The van der Waals surface area contributed by atoms with Crippen molar-refractivity contribution in [3.05, 3.63) is 0 Å². The fourth-order valence-electron chi connectivity index (χ4n) is 9.23. The van der Waals surface area contributed by atoms with Crippen LogP contribution in [0.4, 0.5) is 0 Å². The molecule has 1 aliphatic heterocycles. The monoisotopic (exact) mass is 286 g/mol. The van der Waals surface area contributed by atoms with Crippen LogP contribution in [0.1, 0.15) is 20.3 Å². The van der Waals surface area contributed by atoms with Crippen LogP contribution in [0.2, 0.25) is 0 Å². The van der Waals surface area contributed by atoms with Crippen LogP contribution < -0.4 is 0 Å². The van der Waals surface area contributed by atoms with E-state index in [1.54, 1.807) is 13.8 Å². The number of esters is 2. The molecule has 0 amide bonds. The summed E-state index contributed by atoms with van der Waals surface area (Å²) in [6.07, 6.45) is 1.39. The number of carbonyl (C=O) groups is 2. The van der Waals surface area contributed by atoms with Crippen LogP contribution in [-0.2, 0) is 19.1 Å². The van der Waals surface area contributed by atoms with Gasteiger partial charge in [-0.15, -0.1) is 0 Å². The average molecular weight is 286 g/mol. The molecule has 7 saturated carbocycles. The van der Waals surface area contributed by atoms with Crippen molar-refractivity contribution in [2.24, 2.45) is 64.6 Å². The Morgan fingerprint density at radius 2 is 1.29 bits per heavy atom. The van der Waals surface area contributed by atoms with Gasteiger partial charge in [-0.1, -0.05) is 0 Å². The Bertz CT molecular complexity index is 608. The van der Waals surface area contributed by atoms with Crippen molar-refractivity contribution in [3.8, 4) is 0 Å². The van der Waals surface area contributed by atoms with Crippen molar-refractivity contribution in [1.82, 2.24) is 0 Å². The predicted molar refractivity (Wildman–Crippen MR) is 68.2 cm³/mol. The minimum absolute atomic E-state index is 0.249. The van der Waals surface area contributed by atoms with Crippen LogP contribution >= 0.6 is 0 Å². The highest BCUT2D eigenvalue weighted by molar-refractivity contribution is 6.04. The zero-order chi connectivity index (χ0) is 14.0. The van der Waals surface area contributed by atoms with Crippen molar-refractivity contribution >= 4 is 11.9 Å². The van der Waals surface area contributed by atoms with E-state index in [2.05, 4.69) is 0 Å². The van der Waals surface area contributed by atoms with Gasteiger partial charge in [0.25, 0.3) is 5.79 Å². The van der Waals surface area contributed by atoms with Crippen LogP contribution in [0, 0.1) is 64.6 Å². The Balaban J connectivity index is 1.48. The molecule has 110 valence electrons. The van der Waals surface area contributed by atoms with E-state index in [1.807, 2.05) is 0 Å². The molecule has 1 spiro atoms. The van der Waals surface area contributed by atoms with Gasteiger partial charge in [-0.25, -0.2) is 0 Å². The van der Waals surface area contributed by atoms with Gasteiger partial charge in [0.1, 0.15) is 0 Å². The van der Waals surface area contributed by atoms with Gasteiger partial charge in [-0.05, 0) is 65.6 Å². The number of cyclic esters (lactones) is 2. The first-order valence-corrected chi connectivity index (χ1v) is 8.45. The average Bonchev–Trinajstić information content (AvgIpc) is 2.95. The Morgan fingerprint density at radius 1 is 0.810 bits per heavy atom. The molecule has 4 heteroatoms. The van der Waals surface area contributed by atoms with E-state index in [0.29, 0.717) is 23.7 Å². The van der Waals surface area contributed by atoms with Gasteiger partial charge < -0.3 is 9.47 Å². The van der Waals surface area contributed by atoms with Crippen LogP contribution in [0.5, 0.6) is 0 Å². The van der Waals surface area contributed by atoms with Crippen LogP contribution in [0.15, 0.2) is 0 Å². The predicted octanol–water partition coefficient (Wildman–Crippen LogP) is 1.44. The smallest absolute Gasteiger partial charge is 0.327 e. The van der Waals surface area contributed by atoms with Crippen molar-refractivity contribution in [2.75, 3.05) is 0 Å². The Labute approximate surface area is 122 Å². The van der Waals surface area contributed by atoms with Gasteiger partial charge in [0.2, 0.25) is 0 Å². The van der Waals surface area contributed by atoms with Crippen molar-refractivity contribution in [1.29, 1.82) is 0 Å². The summed E-state index contributed by atoms with van der Waals surface area (Å²) in [7, 11) is 0. The molecular weight excluding hydrogens is 268 g/mol. The third kappa shape index (κ3) is 0.687. The molecule has 8 aliphatic rings. The summed E-state index contributed by atoms with van der Waals surface area (Å²) in [5.41, 5.74) is -0.906. The second-order valence-corrected chi connectivity index (χ2v) is 9.13. The SMILES string of the molecule is CC1(C)OC(=O)C2(C(=O)O1)[C@H]1[C@H]3C4C5[C@H]3[C@H]3C[C@@H]5[C@H]([C@H]31)[C@@H]42. The lowest BCUT2D eigenvalue weighted by molar-refractivity contribution is -0.255. The van der Waals surface area contributed by atoms with Gasteiger partial charge in [0, 0.05) is 13.8 Å². The summed E-state index contributed by atoms with van der Waals surface area (Å²) < 4.78 is 11.2. The maximum Gasteiger partial charge on any atom is 0.327 e. The fourth-order valence-corrected chi connectivity index (χ4v) is 9.23. The zero-order valence-electron chi connectivity index (χ0n) is 12.1. The quantitative estimate of drug-likeness (QED) is 0.499. The molecule has 10 atom stereocenters. The lowest BCUT2D eigenvalue weighted by Gasteiger charge is -2.44. The molecular formula is C17H18O4. The van der Waals surface area contributed by atoms with Gasteiger partial charge in [-0.3, -0.25) is 9.59 Å². The highest BCUT2D eigenvalue weighted by Crippen LogP contribution is 2.94. The molecule has 4 nitrogen and oxygen atoms in total. The second kappa shape index (κ2) is 2.44. The molecule has 21 heavy (non-hydrogen) atoms. The van der Waals surface area contributed by atoms with Gasteiger partial charge >= 0.3 is 11.9 Å². The molecule has 7 aliphatic carbocycles. The molecule has 4 bridgehead atoms. The Kier molecular flexibility index (Phi) is 1.24. The van der Waals surface area contributed by atoms with E-state index in [-0.39, 0.29) is 23.8 Å². The van der Waals surface area contributed by atoms with Crippen LogP contribution in [0.25, 0.3) is 0 Å². The highest BCUT2D eigenvalue weighted by Gasteiger charge is 2.96. The van der Waals surface area contributed by atoms with E-state index in [9.17, 15) is 9.59 Å². The third-order valence-corrected chi connectivity index (χ3v) is 8.81. The topological polar surface area (TPSA) is 52.6 Å². The molecule has 0 radical (unpaired) electrons. The van der Waals surface area contributed by atoms with Crippen LogP contribution in [0.3, 0.4) is 0 Å². The Hall–Kier alpha value is -1.06. The minimum atomic E-state index is -1.09. The van der Waals surface area contributed by atoms with E-state index < -0.39 is 11.2 Å². The molecule has 2 unspecified atom stereocenters. The summed E-state index contributed by atoms with van der Waals surface area (Å²) in [5, 5.41) is 0. The lowest BCUT2D eigenvalue weighted by Crippen LogP contribution is -2.57. The fraction of sp³-hybridized carbons (Fsp3) is 0.882. The molecule has 1 heterocycles. The number of hydrogen-bond acceptors (Lipinski definition) is 4. The minimum Gasteiger partial charge on any atom is -0.422 e. The first-order chi connectivity index (χ1) is 9.98. The van der Waals surface area contributed by atoms with Crippen molar-refractivity contribution < 1.29 is 19.1 Å². The normalized spacial score (nSPS) is 67.1. The molecule has 0 aromatic carbocycles. The lowest BCUT2D eigenvalue weighted by atomic mass is 9.60. The van der Waals surface area contributed by atoms with Gasteiger partial charge in [0.15, 0.2) is 5.41 Å². The molecule has 1 saturated heterocycles. The van der Waals surface area contributed by atoms with E-state index in [4.69, 9.17) is 9.47 Å². The summed E-state index contributed by atoms with van der Waals surface area (Å²) in [5.74, 6) is 4.78. The number of ether oxygens (including phenoxy) is 2. The summed E-state index contributed by atoms with van der Waals surface area (Å²) in [4.78, 5) is 25.9. The third-order valence-electron chi connectivity index (χ3n) is 8.81. The highest BCUT2D eigenvalue weighted by atomic mass is 16.7. The number of carbonyl (C=O) groups excluding carboxylic acids is 2. The number of hydrogen-bond donors (Lipinski definition) is 0. The Morgan fingerprint density at radius 3 is 1.76 bits per heavy atom. The maximum absolute atomic E-state index is 13.0. The van der Waals surface area contributed by atoms with Crippen molar-refractivity contribution in [2.45, 2.75) is 26.1 Å². The molecule has 0 aromatic rings. The first kappa shape index (κ1) is 10.6.